The molecule has 1 N–H and O–H groups in total. The molecule has 0 bridgehead atoms. The lowest BCUT2D eigenvalue weighted by atomic mass is 10.1. The topological polar surface area (TPSA) is 15.3 Å². The van der Waals surface area contributed by atoms with Gasteiger partial charge in [-0.2, -0.15) is 0 Å². The second kappa shape index (κ2) is 6.62. The molecule has 0 amide bonds. The van der Waals surface area contributed by atoms with Crippen LogP contribution < -0.4 is 10.2 Å². The average molecular weight is 281 g/mol. The van der Waals surface area contributed by atoms with Gasteiger partial charge in [0.2, 0.25) is 0 Å². The maximum atomic E-state index is 6.44. The Morgan fingerprint density at radius 2 is 2.05 bits per heavy atom. The highest BCUT2D eigenvalue weighted by molar-refractivity contribution is 6.31. The lowest BCUT2D eigenvalue weighted by Crippen LogP contribution is -2.28. The Labute approximate surface area is 122 Å². The first-order valence-corrected chi connectivity index (χ1v) is 7.77. The molecule has 2 nitrogen and oxygen atoms in total. The van der Waals surface area contributed by atoms with Gasteiger partial charge in [0, 0.05) is 29.8 Å². The normalized spacial score (nSPS) is 17.7. The molecular weight excluding hydrogens is 256 g/mol. The lowest BCUT2D eigenvalue weighted by Gasteiger charge is -2.27. The summed E-state index contributed by atoms with van der Waals surface area (Å²) in [5, 5.41) is 4.28. The maximum absolute atomic E-state index is 6.44. The number of hydrogen-bond acceptors (Lipinski definition) is 2. The monoisotopic (exact) mass is 280 g/mol. The van der Waals surface area contributed by atoms with Crippen LogP contribution in [0.1, 0.15) is 51.1 Å². The van der Waals surface area contributed by atoms with Gasteiger partial charge in [-0.15, -0.1) is 0 Å². The summed E-state index contributed by atoms with van der Waals surface area (Å²) in [4.78, 5) is 2.39. The summed E-state index contributed by atoms with van der Waals surface area (Å²) < 4.78 is 0. The molecule has 1 aliphatic carbocycles. The molecule has 0 radical (unpaired) electrons. The van der Waals surface area contributed by atoms with Gasteiger partial charge in [-0.05, 0) is 44.0 Å². The summed E-state index contributed by atoms with van der Waals surface area (Å²) in [5.41, 5.74) is 2.43. The first kappa shape index (κ1) is 14.7. The van der Waals surface area contributed by atoms with Crippen molar-refractivity contribution in [3.63, 3.8) is 0 Å². The van der Waals surface area contributed by atoms with Crippen molar-refractivity contribution in [3.8, 4) is 0 Å². The van der Waals surface area contributed by atoms with E-state index in [4.69, 9.17) is 11.6 Å². The average Bonchev–Trinajstić information content (AvgIpc) is 2.91. The predicted molar refractivity (Wildman–Crippen MR) is 84.2 cm³/mol. The van der Waals surface area contributed by atoms with Crippen molar-refractivity contribution in [2.45, 2.75) is 51.6 Å². The molecule has 106 valence electrons. The number of nitrogens with zero attached hydrogens (tertiary/aromatic N) is 1. The molecule has 0 saturated heterocycles. The third-order valence-corrected chi connectivity index (χ3v) is 4.57. The number of benzene rings is 1. The van der Waals surface area contributed by atoms with Crippen LogP contribution in [0.3, 0.4) is 0 Å². The zero-order valence-corrected chi connectivity index (χ0v) is 13.0. The van der Waals surface area contributed by atoms with E-state index in [2.05, 4.69) is 49.3 Å². The van der Waals surface area contributed by atoms with E-state index in [1.807, 2.05) is 0 Å². The molecule has 1 fully saturated rings. The molecule has 1 aromatic carbocycles. The Balaban J connectivity index is 2.13. The van der Waals surface area contributed by atoms with E-state index in [0.29, 0.717) is 12.1 Å². The molecule has 0 spiro atoms. The number of anilines is 1. The van der Waals surface area contributed by atoms with Crippen LogP contribution in [0.15, 0.2) is 18.2 Å². The van der Waals surface area contributed by atoms with Gasteiger partial charge >= 0.3 is 0 Å². The smallest absolute Gasteiger partial charge is 0.0474 e. The quantitative estimate of drug-likeness (QED) is 0.860. The Bertz CT molecular complexity index is 413. The minimum atomic E-state index is 0.309. The minimum Gasteiger partial charge on any atom is -0.372 e. The second-order valence-corrected chi connectivity index (χ2v) is 5.94. The highest BCUT2D eigenvalue weighted by Gasteiger charge is 2.20. The Morgan fingerprint density at radius 3 is 2.63 bits per heavy atom. The molecule has 1 saturated carbocycles. The first-order chi connectivity index (χ1) is 9.13. The van der Waals surface area contributed by atoms with E-state index in [9.17, 15) is 0 Å². The summed E-state index contributed by atoms with van der Waals surface area (Å²) in [6.45, 7) is 5.24. The summed E-state index contributed by atoms with van der Waals surface area (Å²) in [6, 6.07) is 7.48. The van der Waals surface area contributed by atoms with E-state index < -0.39 is 0 Å². The third-order valence-electron chi connectivity index (χ3n) is 4.24. The second-order valence-electron chi connectivity index (χ2n) is 5.53. The van der Waals surface area contributed by atoms with Crippen molar-refractivity contribution in [2.24, 2.45) is 0 Å². The zero-order chi connectivity index (χ0) is 13.8. The number of nitrogens with one attached hydrogen (secondary N) is 1. The Morgan fingerprint density at radius 1 is 1.37 bits per heavy atom. The van der Waals surface area contributed by atoms with Crippen LogP contribution in [0.2, 0.25) is 5.02 Å². The molecule has 0 heterocycles. The fourth-order valence-corrected chi connectivity index (χ4v) is 3.34. The van der Waals surface area contributed by atoms with Crippen molar-refractivity contribution in [3.05, 3.63) is 28.8 Å². The van der Waals surface area contributed by atoms with Gasteiger partial charge in [0.05, 0.1) is 0 Å². The Kier molecular flexibility index (Phi) is 5.12. The van der Waals surface area contributed by atoms with Gasteiger partial charge in [-0.3, -0.25) is 0 Å². The van der Waals surface area contributed by atoms with Gasteiger partial charge in [0.15, 0.2) is 0 Å². The van der Waals surface area contributed by atoms with E-state index in [-0.39, 0.29) is 0 Å². The third kappa shape index (κ3) is 3.43. The van der Waals surface area contributed by atoms with Crippen molar-refractivity contribution in [1.29, 1.82) is 0 Å². The van der Waals surface area contributed by atoms with Gasteiger partial charge < -0.3 is 10.2 Å². The molecule has 1 aromatic rings. The molecule has 1 atom stereocenters. The number of hydrogen-bond donors (Lipinski definition) is 1. The maximum Gasteiger partial charge on any atom is 0.0474 e. The zero-order valence-electron chi connectivity index (χ0n) is 12.2. The van der Waals surface area contributed by atoms with E-state index in [0.717, 1.165) is 11.6 Å². The largest absolute Gasteiger partial charge is 0.372 e. The van der Waals surface area contributed by atoms with Gasteiger partial charge in [-0.1, -0.05) is 37.4 Å². The molecule has 19 heavy (non-hydrogen) atoms. The summed E-state index contributed by atoms with van der Waals surface area (Å²) in [5.74, 6) is 0. The molecule has 0 aliphatic heterocycles. The van der Waals surface area contributed by atoms with Gasteiger partial charge in [-0.25, -0.2) is 0 Å². The van der Waals surface area contributed by atoms with Crippen LogP contribution in [-0.2, 0) is 0 Å². The van der Waals surface area contributed by atoms with Crippen molar-refractivity contribution in [1.82, 2.24) is 5.32 Å². The van der Waals surface area contributed by atoms with E-state index in [1.54, 1.807) is 0 Å². The molecule has 1 aliphatic rings. The number of halogens is 1. The van der Waals surface area contributed by atoms with Crippen molar-refractivity contribution >= 4 is 17.3 Å². The predicted octanol–water partition coefficient (Wildman–Crippen LogP) is 4.39. The van der Waals surface area contributed by atoms with Crippen molar-refractivity contribution < 1.29 is 0 Å². The van der Waals surface area contributed by atoms with E-state index in [1.165, 1.54) is 36.9 Å². The summed E-state index contributed by atoms with van der Waals surface area (Å²) >= 11 is 6.44. The fraction of sp³-hybridized carbons (Fsp3) is 0.625. The van der Waals surface area contributed by atoms with Gasteiger partial charge in [0.25, 0.3) is 0 Å². The molecule has 1 unspecified atom stereocenters. The number of rotatable bonds is 5. The van der Waals surface area contributed by atoms with Crippen LogP contribution in [-0.4, -0.2) is 19.6 Å². The van der Waals surface area contributed by atoms with Crippen molar-refractivity contribution in [2.75, 3.05) is 18.5 Å². The summed E-state index contributed by atoms with van der Waals surface area (Å²) in [6.07, 6.45) is 5.34. The first-order valence-electron chi connectivity index (χ1n) is 7.39. The SMILES string of the molecule is CCNC(C)c1ccc(N(C)C2CCCC2)cc1Cl. The molecular formula is C16H25ClN2. The van der Waals surface area contributed by atoms with Crippen LogP contribution in [0.5, 0.6) is 0 Å². The lowest BCUT2D eigenvalue weighted by molar-refractivity contribution is 0.598. The molecule has 3 heteroatoms. The molecule has 2 rings (SSSR count). The highest BCUT2D eigenvalue weighted by Crippen LogP contribution is 2.31. The van der Waals surface area contributed by atoms with Gasteiger partial charge in [0.1, 0.15) is 0 Å². The van der Waals surface area contributed by atoms with Crippen LogP contribution in [0.25, 0.3) is 0 Å². The standard InChI is InChI=1S/C16H25ClN2/c1-4-18-12(2)15-10-9-14(11-16(15)17)19(3)13-7-5-6-8-13/h9-13,18H,4-8H2,1-3H3. The van der Waals surface area contributed by atoms with Crippen LogP contribution >= 0.6 is 11.6 Å². The van der Waals surface area contributed by atoms with E-state index >= 15 is 0 Å². The highest BCUT2D eigenvalue weighted by atomic mass is 35.5. The Hall–Kier alpha value is -0.730. The minimum absolute atomic E-state index is 0.309. The fourth-order valence-electron chi connectivity index (χ4n) is 3.01. The van der Waals surface area contributed by atoms with Crippen LogP contribution in [0.4, 0.5) is 5.69 Å². The summed E-state index contributed by atoms with van der Waals surface area (Å²) in [7, 11) is 2.19. The molecule has 0 aromatic heterocycles. The van der Waals surface area contributed by atoms with Crippen LogP contribution in [0, 0.1) is 0 Å².